The van der Waals surface area contributed by atoms with E-state index in [9.17, 15) is 0 Å². The lowest BCUT2D eigenvalue weighted by Gasteiger charge is -2.21. The molecule has 3 heteroatoms. The predicted octanol–water partition coefficient (Wildman–Crippen LogP) is 2.90. The number of alkyl halides is 1. The topological polar surface area (TPSA) is 21.3 Å². The Morgan fingerprint density at radius 1 is 1.50 bits per heavy atom. The molecule has 0 aliphatic carbocycles. The first kappa shape index (κ1) is 11.7. The Kier molecular flexibility index (Phi) is 4.08. The van der Waals surface area contributed by atoms with Gasteiger partial charge in [-0.05, 0) is 43.5 Å². The van der Waals surface area contributed by atoms with Crippen LogP contribution in [0.3, 0.4) is 0 Å². The smallest absolute Gasteiger partial charge is 0.122 e. The molecule has 2 nitrogen and oxygen atoms in total. The van der Waals surface area contributed by atoms with Gasteiger partial charge in [-0.15, -0.1) is 11.6 Å². The molecule has 1 N–H and O–H groups in total. The zero-order valence-corrected chi connectivity index (χ0v) is 10.4. The number of fused-ring (bicyclic) bond motifs is 1. The summed E-state index contributed by atoms with van der Waals surface area (Å²) in [5, 5.41) is 3.30. The lowest BCUT2D eigenvalue weighted by molar-refractivity contribution is 0.288. The molecular formula is C13H18ClNO. The number of hydrogen-bond acceptors (Lipinski definition) is 2. The number of hydrogen-bond donors (Lipinski definition) is 1. The van der Waals surface area contributed by atoms with Crippen LogP contribution in [0.5, 0.6) is 5.75 Å². The Balaban J connectivity index is 2.21. The number of rotatable bonds is 4. The van der Waals surface area contributed by atoms with Crippen molar-refractivity contribution in [2.75, 3.05) is 19.5 Å². The Bertz CT molecular complexity index is 354. The van der Waals surface area contributed by atoms with Crippen molar-refractivity contribution >= 4 is 11.6 Å². The molecule has 16 heavy (non-hydrogen) atoms. The zero-order chi connectivity index (χ0) is 11.4. The van der Waals surface area contributed by atoms with Gasteiger partial charge >= 0.3 is 0 Å². The molecule has 88 valence electrons. The number of aryl methyl sites for hydroxylation is 1. The summed E-state index contributed by atoms with van der Waals surface area (Å²) in [6.07, 6.45) is 3.20. The molecule has 1 heterocycles. The van der Waals surface area contributed by atoms with Crippen LogP contribution in [0, 0.1) is 0 Å². The van der Waals surface area contributed by atoms with Crippen LogP contribution in [0.1, 0.15) is 30.0 Å². The summed E-state index contributed by atoms with van der Waals surface area (Å²) in [5.41, 5.74) is 2.64. The van der Waals surface area contributed by atoms with Crippen molar-refractivity contribution in [3.63, 3.8) is 0 Å². The van der Waals surface area contributed by atoms with E-state index in [-0.39, 0.29) is 0 Å². The van der Waals surface area contributed by atoms with Gasteiger partial charge in [0.25, 0.3) is 0 Å². The molecular weight excluding hydrogens is 222 g/mol. The summed E-state index contributed by atoms with van der Waals surface area (Å²) in [6.45, 7) is 0.851. The molecule has 1 aromatic rings. The lowest BCUT2D eigenvalue weighted by Crippen LogP contribution is -2.17. The molecule has 0 fully saturated rings. The van der Waals surface area contributed by atoms with Gasteiger partial charge in [-0.3, -0.25) is 0 Å². The van der Waals surface area contributed by atoms with Crippen molar-refractivity contribution in [1.82, 2.24) is 5.32 Å². The molecule has 0 radical (unpaired) electrons. The number of ether oxygens (including phenoxy) is 1. The van der Waals surface area contributed by atoms with Crippen molar-refractivity contribution in [3.05, 3.63) is 29.3 Å². The van der Waals surface area contributed by atoms with E-state index in [4.69, 9.17) is 16.3 Å². The molecule has 1 atom stereocenters. The average Bonchev–Trinajstić information content (AvgIpc) is 2.35. The van der Waals surface area contributed by atoms with Gasteiger partial charge in [-0.25, -0.2) is 0 Å². The van der Waals surface area contributed by atoms with E-state index < -0.39 is 0 Å². The second-order valence-electron chi connectivity index (χ2n) is 4.14. The molecule has 0 aromatic heterocycles. The molecule has 1 unspecified atom stereocenters. The largest absolute Gasteiger partial charge is 0.493 e. The highest BCUT2D eigenvalue weighted by molar-refractivity contribution is 6.17. The third-order valence-corrected chi connectivity index (χ3v) is 3.30. The zero-order valence-electron chi connectivity index (χ0n) is 9.63. The third-order valence-electron chi connectivity index (χ3n) is 3.08. The van der Waals surface area contributed by atoms with Gasteiger partial charge in [-0.2, -0.15) is 0 Å². The van der Waals surface area contributed by atoms with Crippen LogP contribution >= 0.6 is 11.6 Å². The van der Waals surface area contributed by atoms with Gasteiger partial charge < -0.3 is 10.1 Å². The van der Waals surface area contributed by atoms with Crippen molar-refractivity contribution in [1.29, 1.82) is 0 Å². The fourth-order valence-electron chi connectivity index (χ4n) is 2.18. The first-order valence-corrected chi connectivity index (χ1v) is 6.37. The van der Waals surface area contributed by atoms with Crippen molar-refractivity contribution in [2.24, 2.45) is 0 Å². The molecule has 1 aromatic carbocycles. The van der Waals surface area contributed by atoms with Crippen LogP contribution < -0.4 is 10.1 Å². The normalized spacial score (nSPS) is 16.4. The van der Waals surface area contributed by atoms with Crippen molar-refractivity contribution < 1.29 is 4.74 Å². The van der Waals surface area contributed by atoms with Gasteiger partial charge in [0, 0.05) is 11.9 Å². The van der Waals surface area contributed by atoms with Crippen molar-refractivity contribution in [3.8, 4) is 5.75 Å². The summed E-state index contributed by atoms with van der Waals surface area (Å²) in [7, 11) is 1.98. The Morgan fingerprint density at radius 2 is 2.38 bits per heavy atom. The minimum Gasteiger partial charge on any atom is -0.493 e. The standard InChI is InChI=1S/C13H18ClNO/c1-15-12(6-7-14)10-4-5-13-11(9-10)3-2-8-16-13/h4-5,9,12,15H,2-3,6-8H2,1H3. The Labute approximate surface area is 102 Å². The van der Waals surface area contributed by atoms with Crippen LogP contribution in [0.4, 0.5) is 0 Å². The van der Waals surface area contributed by atoms with Gasteiger partial charge in [0.2, 0.25) is 0 Å². The summed E-state index contributed by atoms with van der Waals surface area (Å²) >= 11 is 5.80. The monoisotopic (exact) mass is 239 g/mol. The fourth-order valence-corrected chi connectivity index (χ4v) is 2.40. The highest BCUT2D eigenvalue weighted by Gasteiger charge is 2.14. The highest BCUT2D eigenvalue weighted by atomic mass is 35.5. The van der Waals surface area contributed by atoms with Gasteiger partial charge in [0.15, 0.2) is 0 Å². The maximum absolute atomic E-state index is 5.80. The quantitative estimate of drug-likeness (QED) is 0.816. The maximum Gasteiger partial charge on any atom is 0.122 e. The summed E-state index contributed by atoms with van der Waals surface area (Å²) in [6, 6.07) is 6.83. The minimum atomic E-state index is 0.352. The van der Waals surface area contributed by atoms with E-state index in [0.29, 0.717) is 11.9 Å². The van der Waals surface area contributed by atoms with Gasteiger partial charge in [-0.1, -0.05) is 12.1 Å². The molecule has 0 spiro atoms. The number of halogens is 1. The SMILES string of the molecule is CNC(CCCl)c1ccc2c(c1)CCCO2. The maximum atomic E-state index is 5.80. The van der Waals surface area contributed by atoms with Crippen molar-refractivity contribution in [2.45, 2.75) is 25.3 Å². The van der Waals surface area contributed by atoms with Crippen LogP contribution in [0.2, 0.25) is 0 Å². The lowest BCUT2D eigenvalue weighted by atomic mass is 9.98. The van der Waals surface area contributed by atoms with Gasteiger partial charge in [0.05, 0.1) is 6.61 Å². The molecule has 2 rings (SSSR count). The molecule has 1 aliphatic rings. The number of nitrogens with one attached hydrogen (secondary N) is 1. The van der Waals surface area contributed by atoms with E-state index in [0.717, 1.165) is 31.6 Å². The molecule has 0 saturated carbocycles. The first-order chi connectivity index (χ1) is 7.85. The molecule has 0 saturated heterocycles. The Hall–Kier alpha value is -0.730. The van der Waals surface area contributed by atoms with Gasteiger partial charge in [0.1, 0.15) is 5.75 Å². The summed E-state index contributed by atoms with van der Waals surface area (Å²) in [5.74, 6) is 1.73. The van der Waals surface area contributed by atoms with E-state index in [2.05, 4.69) is 23.5 Å². The van der Waals surface area contributed by atoms with E-state index in [1.54, 1.807) is 0 Å². The highest BCUT2D eigenvalue weighted by Crippen LogP contribution is 2.28. The molecule has 0 bridgehead atoms. The molecule has 0 amide bonds. The number of benzene rings is 1. The molecule has 1 aliphatic heterocycles. The van der Waals surface area contributed by atoms with E-state index in [1.165, 1.54) is 11.1 Å². The van der Waals surface area contributed by atoms with Crippen LogP contribution in [0.15, 0.2) is 18.2 Å². The predicted molar refractivity (Wildman–Crippen MR) is 67.4 cm³/mol. The minimum absolute atomic E-state index is 0.352. The fraction of sp³-hybridized carbons (Fsp3) is 0.538. The second-order valence-corrected chi connectivity index (χ2v) is 4.52. The first-order valence-electron chi connectivity index (χ1n) is 5.84. The van der Waals surface area contributed by atoms with Crippen LogP contribution in [-0.2, 0) is 6.42 Å². The summed E-state index contributed by atoms with van der Waals surface area (Å²) in [4.78, 5) is 0. The Morgan fingerprint density at radius 3 is 3.12 bits per heavy atom. The van der Waals surface area contributed by atoms with E-state index in [1.807, 2.05) is 7.05 Å². The van der Waals surface area contributed by atoms with Crippen LogP contribution in [0.25, 0.3) is 0 Å². The van der Waals surface area contributed by atoms with Crippen LogP contribution in [-0.4, -0.2) is 19.5 Å². The third kappa shape index (κ3) is 2.50. The summed E-state index contributed by atoms with van der Waals surface area (Å²) < 4.78 is 5.61. The average molecular weight is 240 g/mol. The second kappa shape index (κ2) is 5.55. The van der Waals surface area contributed by atoms with E-state index >= 15 is 0 Å².